The first-order valence-corrected chi connectivity index (χ1v) is 8.13. The average Bonchev–Trinajstić information content (AvgIpc) is 3.09. The summed E-state index contributed by atoms with van der Waals surface area (Å²) in [6.45, 7) is 7.96. The van der Waals surface area contributed by atoms with E-state index in [1.807, 2.05) is 11.5 Å². The first kappa shape index (κ1) is 14.8. The molecule has 0 amide bonds. The molecule has 21 heavy (non-hydrogen) atoms. The zero-order chi connectivity index (χ0) is 14.8. The van der Waals surface area contributed by atoms with Crippen LogP contribution >= 0.6 is 0 Å². The van der Waals surface area contributed by atoms with Gasteiger partial charge in [-0.3, -0.25) is 4.57 Å². The van der Waals surface area contributed by atoms with Crippen molar-refractivity contribution < 1.29 is 4.74 Å². The molecular weight excluding hydrogens is 268 g/mol. The van der Waals surface area contributed by atoms with E-state index in [-0.39, 0.29) is 5.69 Å². The normalized spacial score (nSPS) is 24.8. The van der Waals surface area contributed by atoms with Gasteiger partial charge in [0.05, 0.1) is 6.61 Å². The number of aryl methyl sites for hydroxylation is 1. The monoisotopic (exact) mass is 294 g/mol. The van der Waals surface area contributed by atoms with Gasteiger partial charge < -0.3 is 9.64 Å². The van der Waals surface area contributed by atoms with E-state index in [1.54, 1.807) is 7.05 Å². The minimum atomic E-state index is 0.0121. The molecule has 2 aliphatic rings. The van der Waals surface area contributed by atoms with Crippen molar-refractivity contribution in [1.29, 1.82) is 0 Å². The highest BCUT2D eigenvalue weighted by Crippen LogP contribution is 2.27. The van der Waals surface area contributed by atoms with E-state index in [2.05, 4.69) is 10.00 Å². The van der Waals surface area contributed by atoms with E-state index < -0.39 is 0 Å². The van der Waals surface area contributed by atoms with Gasteiger partial charge in [0.15, 0.2) is 0 Å². The molecule has 6 nitrogen and oxygen atoms in total. The van der Waals surface area contributed by atoms with Crippen molar-refractivity contribution in [3.63, 3.8) is 0 Å². The van der Waals surface area contributed by atoms with Gasteiger partial charge in [-0.15, -0.1) is 0 Å². The van der Waals surface area contributed by atoms with Crippen molar-refractivity contribution >= 4 is 0 Å². The molecular formula is C15H26N4O2. The second-order valence-electron chi connectivity index (χ2n) is 6.31. The van der Waals surface area contributed by atoms with Gasteiger partial charge in [-0.05, 0) is 45.2 Å². The standard InChI is InChI=1S/C15H26N4O2/c1-3-19-14(16-17(2)15(19)20)13-4-7-18(8-5-13)10-12-6-9-21-11-12/h12-13H,3-11H2,1-2H3/t12-/m0/s1. The fourth-order valence-electron chi connectivity index (χ4n) is 3.59. The Morgan fingerprint density at radius 3 is 2.67 bits per heavy atom. The zero-order valence-corrected chi connectivity index (χ0v) is 13.1. The Labute approximate surface area is 125 Å². The Morgan fingerprint density at radius 2 is 2.05 bits per heavy atom. The lowest BCUT2D eigenvalue weighted by Gasteiger charge is -2.32. The van der Waals surface area contributed by atoms with Crippen molar-refractivity contribution in [2.24, 2.45) is 13.0 Å². The molecule has 0 N–H and O–H groups in total. The lowest BCUT2D eigenvalue weighted by atomic mass is 9.95. The number of piperidine rings is 1. The van der Waals surface area contributed by atoms with Crippen LogP contribution in [0.15, 0.2) is 4.79 Å². The summed E-state index contributed by atoms with van der Waals surface area (Å²) in [6.07, 6.45) is 3.41. The SMILES string of the molecule is CCn1c(C2CCN(C[C@@H]3CCOC3)CC2)nn(C)c1=O. The van der Waals surface area contributed by atoms with Crippen LogP contribution in [0.1, 0.15) is 37.9 Å². The van der Waals surface area contributed by atoms with Crippen molar-refractivity contribution in [1.82, 2.24) is 19.2 Å². The fourth-order valence-corrected chi connectivity index (χ4v) is 3.59. The molecule has 1 aromatic rings. The highest BCUT2D eigenvalue weighted by atomic mass is 16.5. The number of rotatable bonds is 4. The highest BCUT2D eigenvalue weighted by molar-refractivity contribution is 5.00. The van der Waals surface area contributed by atoms with Gasteiger partial charge in [-0.1, -0.05) is 0 Å². The molecule has 3 rings (SSSR count). The van der Waals surface area contributed by atoms with Crippen LogP contribution in [0.4, 0.5) is 0 Å². The maximum absolute atomic E-state index is 12.0. The second kappa shape index (κ2) is 6.32. The third-order valence-electron chi connectivity index (χ3n) is 4.85. The van der Waals surface area contributed by atoms with Gasteiger partial charge in [0.25, 0.3) is 0 Å². The maximum Gasteiger partial charge on any atom is 0.345 e. The van der Waals surface area contributed by atoms with Crippen LogP contribution in [-0.4, -0.2) is 52.1 Å². The van der Waals surface area contributed by atoms with Crippen LogP contribution in [0.25, 0.3) is 0 Å². The molecule has 0 aromatic carbocycles. The Kier molecular flexibility index (Phi) is 4.45. The average molecular weight is 294 g/mol. The Bertz CT molecular complexity index is 522. The van der Waals surface area contributed by atoms with Gasteiger partial charge in [-0.2, -0.15) is 5.10 Å². The predicted molar refractivity (Wildman–Crippen MR) is 80.5 cm³/mol. The predicted octanol–water partition coefficient (Wildman–Crippen LogP) is 0.818. The van der Waals surface area contributed by atoms with Gasteiger partial charge in [-0.25, -0.2) is 9.48 Å². The van der Waals surface area contributed by atoms with E-state index >= 15 is 0 Å². The molecule has 0 unspecified atom stereocenters. The number of nitrogens with zero attached hydrogens (tertiary/aromatic N) is 4. The Morgan fingerprint density at radius 1 is 1.29 bits per heavy atom. The van der Waals surface area contributed by atoms with Gasteiger partial charge in [0.1, 0.15) is 5.82 Å². The number of likely N-dealkylation sites (tertiary alicyclic amines) is 1. The van der Waals surface area contributed by atoms with Crippen molar-refractivity contribution in [3.05, 3.63) is 16.3 Å². The van der Waals surface area contributed by atoms with E-state index in [9.17, 15) is 4.79 Å². The van der Waals surface area contributed by atoms with E-state index in [1.165, 1.54) is 11.1 Å². The molecule has 0 spiro atoms. The van der Waals surface area contributed by atoms with E-state index in [0.717, 1.165) is 51.5 Å². The highest BCUT2D eigenvalue weighted by Gasteiger charge is 2.27. The van der Waals surface area contributed by atoms with Crippen molar-refractivity contribution in [2.75, 3.05) is 32.8 Å². The first-order valence-electron chi connectivity index (χ1n) is 8.13. The van der Waals surface area contributed by atoms with Crippen LogP contribution in [-0.2, 0) is 18.3 Å². The minimum absolute atomic E-state index is 0.0121. The second-order valence-corrected chi connectivity index (χ2v) is 6.31. The van der Waals surface area contributed by atoms with E-state index in [0.29, 0.717) is 18.4 Å². The molecule has 0 bridgehead atoms. The number of hydrogen-bond acceptors (Lipinski definition) is 4. The first-order chi connectivity index (χ1) is 10.2. The van der Waals surface area contributed by atoms with Gasteiger partial charge in [0, 0.05) is 32.7 Å². The molecule has 2 saturated heterocycles. The topological polar surface area (TPSA) is 52.3 Å². The maximum atomic E-state index is 12.0. The third kappa shape index (κ3) is 3.06. The molecule has 3 heterocycles. The summed E-state index contributed by atoms with van der Waals surface area (Å²) in [5, 5.41) is 4.46. The third-order valence-corrected chi connectivity index (χ3v) is 4.85. The summed E-state index contributed by atoms with van der Waals surface area (Å²) in [7, 11) is 1.74. The molecule has 118 valence electrons. The molecule has 0 radical (unpaired) electrons. The number of hydrogen-bond donors (Lipinski definition) is 0. The van der Waals surface area contributed by atoms with Crippen LogP contribution in [0.5, 0.6) is 0 Å². The summed E-state index contributed by atoms with van der Waals surface area (Å²) in [5.74, 6) is 2.12. The Balaban J connectivity index is 1.60. The molecule has 0 saturated carbocycles. The summed E-state index contributed by atoms with van der Waals surface area (Å²) in [6, 6.07) is 0. The summed E-state index contributed by atoms with van der Waals surface area (Å²) < 4.78 is 8.76. The van der Waals surface area contributed by atoms with Crippen LogP contribution in [0, 0.1) is 5.92 Å². The molecule has 2 fully saturated rings. The minimum Gasteiger partial charge on any atom is -0.381 e. The van der Waals surface area contributed by atoms with Crippen LogP contribution in [0.2, 0.25) is 0 Å². The Hall–Kier alpha value is -1.14. The lowest BCUT2D eigenvalue weighted by Crippen LogP contribution is -2.37. The quantitative estimate of drug-likeness (QED) is 0.825. The van der Waals surface area contributed by atoms with Gasteiger partial charge >= 0.3 is 5.69 Å². The molecule has 1 aromatic heterocycles. The summed E-state index contributed by atoms with van der Waals surface area (Å²) in [5.41, 5.74) is 0.0121. The number of aromatic nitrogens is 3. The van der Waals surface area contributed by atoms with E-state index in [4.69, 9.17) is 4.74 Å². The summed E-state index contributed by atoms with van der Waals surface area (Å²) >= 11 is 0. The van der Waals surface area contributed by atoms with Crippen molar-refractivity contribution in [3.8, 4) is 0 Å². The zero-order valence-electron chi connectivity index (χ0n) is 13.1. The molecule has 2 aliphatic heterocycles. The smallest absolute Gasteiger partial charge is 0.345 e. The van der Waals surface area contributed by atoms with Crippen LogP contribution < -0.4 is 5.69 Å². The molecule has 1 atom stereocenters. The fraction of sp³-hybridized carbons (Fsp3) is 0.867. The number of ether oxygens (including phenoxy) is 1. The lowest BCUT2D eigenvalue weighted by molar-refractivity contribution is 0.150. The van der Waals surface area contributed by atoms with Crippen LogP contribution in [0.3, 0.4) is 0 Å². The molecule has 0 aliphatic carbocycles. The summed E-state index contributed by atoms with van der Waals surface area (Å²) in [4.78, 5) is 14.5. The molecule has 6 heteroatoms. The van der Waals surface area contributed by atoms with Crippen molar-refractivity contribution in [2.45, 2.75) is 38.6 Å². The van der Waals surface area contributed by atoms with Gasteiger partial charge in [0.2, 0.25) is 0 Å². The largest absolute Gasteiger partial charge is 0.381 e.